The van der Waals surface area contributed by atoms with Crippen LogP contribution in [-0.2, 0) is 10.0 Å². The van der Waals surface area contributed by atoms with Crippen molar-refractivity contribution in [3.05, 3.63) is 82.4 Å². The Morgan fingerprint density at radius 2 is 1.50 bits per heavy atom. The maximum atomic E-state index is 13.2. The molecule has 0 bridgehead atoms. The molecule has 0 N–H and O–H groups in total. The van der Waals surface area contributed by atoms with Crippen molar-refractivity contribution in [3.8, 4) is 5.69 Å². The van der Waals surface area contributed by atoms with Gasteiger partial charge in [0.15, 0.2) is 0 Å². The minimum atomic E-state index is -3.55. The van der Waals surface area contributed by atoms with Gasteiger partial charge in [0, 0.05) is 32.2 Å². The SMILES string of the molecule is Cc1ccc(S(=O)(=O)N2CCN(c3ccc(=O)n(-c4ccc(F)cc4)n3)CC2)cc1. The van der Waals surface area contributed by atoms with Crippen molar-refractivity contribution < 1.29 is 12.8 Å². The number of halogens is 1. The summed E-state index contributed by atoms with van der Waals surface area (Å²) in [5.41, 5.74) is 1.14. The molecule has 2 heterocycles. The summed E-state index contributed by atoms with van der Waals surface area (Å²) >= 11 is 0. The fraction of sp³-hybridized carbons (Fsp3) is 0.238. The first-order valence-corrected chi connectivity index (χ1v) is 11.0. The molecule has 1 aliphatic rings. The third-order valence-corrected chi connectivity index (χ3v) is 6.99. The summed E-state index contributed by atoms with van der Waals surface area (Å²) < 4.78 is 41.6. The summed E-state index contributed by atoms with van der Waals surface area (Å²) in [7, 11) is -3.55. The molecule has 1 fully saturated rings. The molecule has 156 valence electrons. The van der Waals surface area contributed by atoms with Crippen LogP contribution in [0.25, 0.3) is 5.69 Å². The molecule has 0 unspecified atom stereocenters. The molecule has 0 radical (unpaired) electrons. The summed E-state index contributed by atoms with van der Waals surface area (Å²) in [5, 5.41) is 4.39. The molecule has 0 saturated carbocycles. The Labute approximate surface area is 174 Å². The molecular formula is C21H21FN4O3S. The minimum Gasteiger partial charge on any atom is -0.353 e. The van der Waals surface area contributed by atoms with Gasteiger partial charge in [-0.25, -0.2) is 12.8 Å². The zero-order valence-electron chi connectivity index (χ0n) is 16.4. The summed E-state index contributed by atoms with van der Waals surface area (Å²) in [4.78, 5) is 14.4. The average Bonchev–Trinajstić information content (AvgIpc) is 2.75. The van der Waals surface area contributed by atoms with Gasteiger partial charge >= 0.3 is 0 Å². The summed E-state index contributed by atoms with van der Waals surface area (Å²) in [6, 6.07) is 15.3. The summed E-state index contributed by atoms with van der Waals surface area (Å²) in [6.45, 7) is 3.42. The van der Waals surface area contributed by atoms with Crippen molar-refractivity contribution in [2.24, 2.45) is 0 Å². The number of nitrogens with zero attached hydrogens (tertiary/aromatic N) is 4. The van der Waals surface area contributed by atoms with Crippen LogP contribution < -0.4 is 10.5 Å². The maximum absolute atomic E-state index is 13.2. The third kappa shape index (κ3) is 3.99. The number of benzene rings is 2. The van der Waals surface area contributed by atoms with E-state index >= 15 is 0 Å². The Bertz CT molecular complexity index is 1200. The topological polar surface area (TPSA) is 75.5 Å². The minimum absolute atomic E-state index is 0.282. The first kappa shape index (κ1) is 20.2. The monoisotopic (exact) mass is 428 g/mol. The van der Waals surface area contributed by atoms with Gasteiger partial charge < -0.3 is 4.90 Å². The molecule has 0 spiro atoms. The van der Waals surface area contributed by atoms with Gasteiger partial charge in [-0.1, -0.05) is 17.7 Å². The van der Waals surface area contributed by atoms with Crippen molar-refractivity contribution in [1.29, 1.82) is 0 Å². The van der Waals surface area contributed by atoms with Gasteiger partial charge in [-0.05, 0) is 49.4 Å². The molecule has 0 aliphatic carbocycles. The lowest BCUT2D eigenvalue weighted by Crippen LogP contribution is -2.49. The molecule has 0 atom stereocenters. The van der Waals surface area contributed by atoms with Gasteiger partial charge in [0.05, 0.1) is 10.6 Å². The van der Waals surface area contributed by atoms with Crippen molar-refractivity contribution in [3.63, 3.8) is 0 Å². The van der Waals surface area contributed by atoms with Crippen LogP contribution in [0.3, 0.4) is 0 Å². The van der Waals surface area contributed by atoms with E-state index in [1.807, 2.05) is 11.8 Å². The first-order chi connectivity index (χ1) is 14.3. The van der Waals surface area contributed by atoms with Crippen molar-refractivity contribution >= 4 is 15.8 Å². The number of anilines is 1. The van der Waals surface area contributed by atoms with Crippen molar-refractivity contribution in [2.45, 2.75) is 11.8 Å². The second-order valence-electron chi connectivity index (χ2n) is 7.12. The van der Waals surface area contributed by atoms with Gasteiger partial charge in [-0.3, -0.25) is 4.79 Å². The number of aromatic nitrogens is 2. The van der Waals surface area contributed by atoms with Crippen molar-refractivity contribution in [2.75, 3.05) is 31.1 Å². The third-order valence-electron chi connectivity index (χ3n) is 5.08. The zero-order chi connectivity index (χ0) is 21.3. The molecule has 9 heteroatoms. The molecule has 3 aromatic rings. The molecule has 30 heavy (non-hydrogen) atoms. The highest BCUT2D eigenvalue weighted by Gasteiger charge is 2.29. The quantitative estimate of drug-likeness (QED) is 0.637. The number of hydrogen-bond donors (Lipinski definition) is 0. The highest BCUT2D eigenvalue weighted by molar-refractivity contribution is 7.89. The lowest BCUT2D eigenvalue weighted by molar-refractivity contribution is 0.383. The molecular weight excluding hydrogens is 407 g/mol. The lowest BCUT2D eigenvalue weighted by Gasteiger charge is -2.34. The number of piperazine rings is 1. The van der Waals surface area contributed by atoms with E-state index in [4.69, 9.17) is 0 Å². The van der Waals surface area contributed by atoms with Gasteiger partial charge in [0.1, 0.15) is 11.6 Å². The predicted octanol–water partition coefficient (Wildman–Crippen LogP) is 2.19. The van der Waals surface area contributed by atoms with Crippen LogP contribution >= 0.6 is 0 Å². The van der Waals surface area contributed by atoms with Gasteiger partial charge in [0.2, 0.25) is 10.0 Å². The second-order valence-corrected chi connectivity index (χ2v) is 9.06. The van der Waals surface area contributed by atoms with Crippen LogP contribution in [0.4, 0.5) is 10.2 Å². The fourth-order valence-corrected chi connectivity index (χ4v) is 4.78. The standard InChI is InChI=1S/C21H21FN4O3S/c1-16-2-8-19(9-3-16)30(28,29)25-14-12-24(13-15-25)20-10-11-21(27)26(23-20)18-6-4-17(22)5-7-18/h2-11H,12-15H2,1H3. The molecule has 0 amide bonds. The van der Waals surface area contributed by atoms with E-state index in [1.165, 1.54) is 39.3 Å². The normalized spacial score (nSPS) is 15.3. The Balaban J connectivity index is 1.52. The number of rotatable bonds is 4. The van der Waals surface area contributed by atoms with Crippen LogP contribution in [0.1, 0.15) is 5.56 Å². The largest absolute Gasteiger partial charge is 0.353 e. The van der Waals surface area contributed by atoms with E-state index in [2.05, 4.69) is 5.10 Å². The highest BCUT2D eigenvalue weighted by Crippen LogP contribution is 2.20. The Morgan fingerprint density at radius 3 is 2.13 bits per heavy atom. The van der Waals surface area contributed by atoms with E-state index in [1.54, 1.807) is 30.3 Å². The van der Waals surface area contributed by atoms with E-state index < -0.39 is 15.8 Å². The summed E-state index contributed by atoms with van der Waals surface area (Å²) in [6.07, 6.45) is 0. The average molecular weight is 428 g/mol. The second kappa shape index (κ2) is 8.00. The smallest absolute Gasteiger partial charge is 0.271 e. The molecule has 1 aliphatic heterocycles. The van der Waals surface area contributed by atoms with Gasteiger partial charge in [-0.15, -0.1) is 5.10 Å². The van der Waals surface area contributed by atoms with Gasteiger partial charge in [0.25, 0.3) is 5.56 Å². The number of sulfonamides is 1. The Morgan fingerprint density at radius 1 is 0.867 bits per heavy atom. The molecule has 1 saturated heterocycles. The van der Waals surface area contributed by atoms with Crippen LogP contribution in [0.5, 0.6) is 0 Å². The van der Waals surface area contributed by atoms with E-state index in [0.29, 0.717) is 37.7 Å². The van der Waals surface area contributed by atoms with E-state index in [9.17, 15) is 17.6 Å². The van der Waals surface area contributed by atoms with Crippen LogP contribution in [0.2, 0.25) is 0 Å². The van der Waals surface area contributed by atoms with Crippen molar-refractivity contribution in [1.82, 2.24) is 14.1 Å². The zero-order valence-corrected chi connectivity index (χ0v) is 17.2. The number of aryl methyl sites for hydroxylation is 1. The van der Waals surface area contributed by atoms with Crippen LogP contribution in [-0.4, -0.2) is 48.7 Å². The van der Waals surface area contributed by atoms with E-state index in [0.717, 1.165) is 5.56 Å². The van der Waals surface area contributed by atoms with Crippen LogP contribution in [0, 0.1) is 12.7 Å². The van der Waals surface area contributed by atoms with Crippen LogP contribution in [0.15, 0.2) is 70.4 Å². The summed E-state index contributed by atoms with van der Waals surface area (Å²) in [5.74, 6) is 0.167. The molecule has 1 aromatic heterocycles. The predicted molar refractivity (Wildman–Crippen MR) is 112 cm³/mol. The Kier molecular flexibility index (Phi) is 5.40. The molecule has 2 aromatic carbocycles. The van der Waals surface area contributed by atoms with Gasteiger partial charge in [-0.2, -0.15) is 8.99 Å². The first-order valence-electron chi connectivity index (χ1n) is 9.53. The molecule has 4 rings (SSSR count). The lowest BCUT2D eigenvalue weighted by atomic mass is 10.2. The highest BCUT2D eigenvalue weighted by atomic mass is 32.2. The molecule has 7 nitrogen and oxygen atoms in total. The number of hydrogen-bond acceptors (Lipinski definition) is 5. The maximum Gasteiger partial charge on any atom is 0.271 e. The fourth-order valence-electron chi connectivity index (χ4n) is 3.35. The Hall–Kier alpha value is -3.04. The van der Waals surface area contributed by atoms with E-state index in [-0.39, 0.29) is 10.5 Å².